The van der Waals surface area contributed by atoms with Gasteiger partial charge in [0.25, 0.3) is 0 Å². The van der Waals surface area contributed by atoms with Gasteiger partial charge in [-0.25, -0.2) is 9.97 Å². The van der Waals surface area contributed by atoms with Gasteiger partial charge in [-0.3, -0.25) is 4.90 Å². The van der Waals surface area contributed by atoms with Gasteiger partial charge in [-0.15, -0.1) is 0 Å². The Kier molecular flexibility index (Phi) is 4.07. The highest BCUT2D eigenvalue weighted by Gasteiger charge is 2.35. The molecule has 2 saturated heterocycles. The molecule has 0 aliphatic carbocycles. The Morgan fingerprint density at radius 2 is 1.96 bits per heavy atom. The lowest BCUT2D eigenvalue weighted by molar-refractivity contribution is 0.112. The molecule has 0 amide bonds. The van der Waals surface area contributed by atoms with E-state index in [-0.39, 0.29) is 0 Å². The summed E-state index contributed by atoms with van der Waals surface area (Å²) >= 11 is 1.82. The standard InChI is InChI=1S/C18H23N5OS/c1-2-5-19-17(3-1)22-8-6-21(7-9-22)14-11-23(12-14)18-20-15-4-10-24-13-16(15)25-18/h1-3,5,14H,4,6-13H2. The lowest BCUT2D eigenvalue weighted by atomic mass is 10.1. The van der Waals surface area contributed by atoms with Crippen LogP contribution in [0.4, 0.5) is 10.9 Å². The smallest absolute Gasteiger partial charge is 0.185 e. The molecule has 25 heavy (non-hydrogen) atoms. The molecule has 0 spiro atoms. The first-order valence-electron chi connectivity index (χ1n) is 9.08. The summed E-state index contributed by atoms with van der Waals surface area (Å²) in [5.74, 6) is 1.10. The van der Waals surface area contributed by atoms with Gasteiger partial charge >= 0.3 is 0 Å². The molecule has 0 atom stereocenters. The molecule has 0 bridgehead atoms. The Labute approximate surface area is 152 Å². The molecule has 6 nitrogen and oxygen atoms in total. The van der Waals surface area contributed by atoms with Crippen molar-refractivity contribution in [1.29, 1.82) is 0 Å². The molecule has 0 saturated carbocycles. The first-order chi connectivity index (χ1) is 12.4. The Morgan fingerprint density at radius 3 is 2.72 bits per heavy atom. The highest BCUT2D eigenvalue weighted by atomic mass is 32.1. The number of thiazole rings is 1. The Morgan fingerprint density at radius 1 is 1.08 bits per heavy atom. The van der Waals surface area contributed by atoms with Gasteiger partial charge in [0.15, 0.2) is 5.13 Å². The molecule has 3 aliphatic rings. The Hall–Kier alpha value is -1.70. The van der Waals surface area contributed by atoms with Crippen molar-refractivity contribution in [3.63, 3.8) is 0 Å². The zero-order valence-corrected chi connectivity index (χ0v) is 15.1. The van der Waals surface area contributed by atoms with E-state index in [1.54, 1.807) is 0 Å². The summed E-state index contributed by atoms with van der Waals surface area (Å²) < 4.78 is 5.54. The first-order valence-corrected chi connectivity index (χ1v) is 9.90. The van der Waals surface area contributed by atoms with Crippen LogP contribution in [0.25, 0.3) is 0 Å². The van der Waals surface area contributed by atoms with E-state index in [4.69, 9.17) is 9.72 Å². The summed E-state index contributed by atoms with van der Waals surface area (Å²) in [6.45, 7) is 8.16. The number of anilines is 2. The molecular formula is C18H23N5OS. The number of hydrogen-bond donors (Lipinski definition) is 0. The van der Waals surface area contributed by atoms with E-state index in [0.717, 1.165) is 64.7 Å². The number of fused-ring (bicyclic) bond motifs is 1. The maximum absolute atomic E-state index is 5.54. The van der Waals surface area contributed by atoms with Gasteiger partial charge in [-0.2, -0.15) is 0 Å². The van der Waals surface area contributed by atoms with E-state index in [2.05, 4.69) is 31.8 Å². The monoisotopic (exact) mass is 357 g/mol. The van der Waals surface area contributed by atoms with Gasteiger partial charge in [0.05, 0.1) is 23.8 Å². The molecule has 2 aromatic rings. The molecule has 132 valence electrons. The predicted molar refractivity (Wildman–Crippen MR) is 99.5 cm³/mol. The second-order valence-corrected chi connectivity index (χ2v) is 8.00. The summed E-state index contributed by atoms with van der Waals surface area (Å²) in [5.41, 5.74) is 1.26. The molecule has 0 unspecified atom stereocenters. The molecular weight excluding hydrogens is 334 g/mol. The van der Waals surface area contributed by atoms with Crippen molar-refractivity contribution in [2.45, 2.75) is 19.1 Å². The maximum Gasteiger partial charge on any atom is 0.185 e. The van der Waals surface area contributed by atoms with Crippen molar-refractivity contribution < 1.29 is 4.74 Å². The minimum Gasteiger partial charge on any atom is -0.375 e. The van der Waals surface area contributed by atoms with Crippen LogP contribution in [-0.4, -0.2) is 66.8 Å². The third-order valence-corrected chi connectivity index (χ3v) is 6.55. The summed E-state index contributed by atoms with van der Waals surface area (Å²) in [5, 5.41) is 1.19. The molecule has 2 aromatic heterocycles. The van der Waals surface area contributed by atoms with E-state index >= 15 is 0 Å². The van der Waals surface area contributed by atoms with Crippen molar-refractivity contribution in [3.05, 3.63) is 35.0 Å². The molecule has 0 radical (unpaired) electrons. The van der Waals surface area contributed by atoms with Crippen LogP contribution in [0, 0.1) is 0 Å². The molecule has 3 aliphatic heterocycles. The zero-order chi connectivity index (χ0) is 16.6. The highest BCUT2D eigenvalue weighted by Crippen LogP contribution is 2.33. The van der Waals surface area contributed by atoms with Gasteiger partial charge < -0.3 is 14.5 Å². The van der Waals surface area contributed by atoms with Crippen LogP contribution >= 0.6 is 11.3 Å². The van der Waals surface area contributed by atoms with Crippen LogP contribution in [0.1, 0.15) is 10.6 Å². The van der Waals surface area contributed by atoms with E-state index in [0.29, 0.717) is 6.04 Å². The van der Waals surface area contributed by atoms with E-state index in [9.17, 15) is 0 Å². The van der Waals surface area contributed by atoms with E-state index in [1.807, 2.05) is 23.6 Å². The lowest BCUT2D eigenvalue weighted by Crippen LogP contribution is -2.63. The maximum atomic E-state index is 5.54. The minimum atomic E-state index is 0.670. The van der Waals surface area contributed by atoms with Crippen LogP contribution in [0.2, 0.25) is 0 Å². The molecule has 2 fully saturated rings. The van der Waals surface area contributed by atoms with Crippen molar-refractivity contribution in [1.82, 2.24) is 14.9 Å². The summed E-state index contributed by atoms with van der Waals surface area (Å²) in [4.78, 5) is 18.1. The summed E-state index contributed by atoms with van der Waals surface area (Å²) in [6, 6.07) is 6.82. The van der Waals surface area contributed by atoms with Gasteiger partial charge in [-0.1, -0.05) is 17.4 Å². The molecule has 5 rings (SSSR count). The second kappa shape index (κ2) is 6.55. The quantitative estimate of drug-likeness (QED) is 0.832. The number of rotatable bonds is 3. The second-order valence-electron chi connectivity index (χ2n) is 6.94. The summed E-state index contributed by atoms with van der Waals surface area (Å²) in [7, 11) is 0. The van der Waals surface area contributed by atoms with E-state index in [1.165, 1.54) is 15.7 Å². The number of piperazine rings is 1. The van der Waals surface area contributed by atoms with Crippen molar-refractivity contribution in [2.24, 2.45) is 0 Å². The Bertz CT molecular complexity index is 699. The number of hydrogen-bond acceptors (Lipinski definition) is 7. The fraction of sp³-hybridized carbons (Fsp3) is 0.556. The van der Waals surface area contributed by atoms with Gasteiger partial charge in [0.2, 0.25) is 0 Å². The Balaban J connectivity index is 1.15. The molecule has 7 heteroatoms. The van der Waals surface area contributed by atoms with Crippen LogP contribution in [0.15, 0.2) is 24.4 Å². The van der Waals surface area contributed by atoms with Crippen molar-refractivity contribution in [3.8, 4) is 0 Å². The number of pyridine rings is 1. The van der Waals surface area contributed by atoms with Crippen LogP contribution in [-0.2, 0) is 17.8 Å². The fourth-order valence-corrected chi connectivity index (χ4v) is 4.91. The molecule has 5 heterocycles. The normalized spacial score (nSPS) is 21.9. The highest BCUT2D eigenvalue weighted by molar-refractivity contribution is 7.15. The van der Waals surface area contributed by atoms with Crippen molar-refractivity contribution >= 4 is 22.3 Å². The predicted octanol–water partition coefficient (Wildman–Crippen LogP) is 1.62. The SMILES string of the molecule is c1ccc(N2CCN(C3CN(c4nc5c(s4)COCC5)C3)CC2)nc1. The van der Waals surface area contributed by atoms with Gasteiger partial charge in [0, 0.05) is 57.9 Å². The topological polar surface area (TPSA) is 44.7 Å². The average molecular weight is 357 g/mol. The number of aromatic nitrogens is 2. The fourth-order valence-electron chi connectivity index (χ4n) is 3.85. The van der Waals surface area contributed by atoms with Crippen LogP contribution in [0.3, 0.4) is 0 Å². The third kappa shape index (κ3) is 3.01. The van der Waals surface area contributed by atoms with Crippen molar-refractivity contribution in [2.75, 3.05) is 55.7 Å². The minimum absolute atomic E-state index is 0.670. The number of ether oxygens (including phenoxy) is 1. The lowest BCUT2D eigenvalue weighted by Gasteiger charge is -2.48. The van der Waals surface area contributed by atoms with Crippen LogP contribution < -0.4 is 9.80 Å². The first kappa shape index (κ1) is 15.5. The van der Waals surface area contributed by atoms with Gasteiger partial charge in [0.1, 0.15) is 5.82 Å². The zero-order valence-electron chi connectivity index (χ0n) is 14.3. The third-order valence-electron chi connectivity index (χ3n) is 5.42. The number of nitrogens with zero attached hydrogens (tertiary/aromatic N) is 5. The average Bonchev–Trinajstić information content (AvgIpc) is 3.05. The molecule has 0 aromatic carbocycles. The van der Waals surface area contributed by atoms with E-state index < -0.39 is 0 Å². The van der Waals surface area contributed by atoms with Crippen LogP contribution in [0.5, 0.6) is 0 Å². The molecule has 0 N–H and O–H groups in total. The van der Waals surface area contributed by atoms with Gasteiger partial charge in [-0.05, 0) is 12.1 Å². The summed E-state index contributed by atoms with van der Waals surface area (Å²) in [6.07, 6.45) is 2.85. The largest absolute Gasteiger partial charge is 0.375 e.